The third-order valence-electron chi connectivity index (χ3n) is 2.21. The summed E-state index contributed by atoms with van der Waals surface area (Å²) in [6.07, 6.45) is 1.92. The molecular weight excluding hydrogens is 182 g/mol. The van der Waals surface area contributed by atoms with Gasteiger partial charge in [-0.2, -0.15) is 0 Å². The fraction of sp³-hybridized carbons (Fsp3) is 0.556. The molecular formula is C9H15N3O2. The van der Waals surface area contributed by atoms with Gasteiger partial charge in [-0.25, -0.2) is 4.79 Å². The minimum absolute atomic E-state index is 0.00807. The van der Waals surface area contributed by atoms with Crippen LogP contribution in [-0.2, 0) is 4.74 Å². The summed E-state index contributed by atoms with van der Waals surface area (Å²) in [6.45, 7) is 4.78. The predicted molar refractivity (Wildman–Crippen MR) is 53.1 cm³/mol. The molecule has 1 amide bonds. The summed E-state index contributed by atoms with van der Waals surface area (Å²) in [5.74, 6) is 0.135. The summed E-state index contributed by atoms with van der Waals surface area (Å²) in [7, 11) is 0. The topological polar surface area (TPSA) is 79.4 Å². The lowest BCUT2D eigenvalue weighted by atomic mass is 10.1. The van der Waals surface area contributed by atoms with Gasteiger partial charge in [0.05, 0.1) is 5.84 Å². The molecule has 78 valence electrons. The summed E-state index contributed by atoms with van der Waals surface area (Å²) < 4.78 is 4.86. The first-order valence-electron chi connectivity index (χ1n) is 4.51. The molecule has 1 aliphatic rings. The molecule has 5 heteroatoms. The highest BCUT2D eigenvalue weighted by atomic mass is 16.6. The van der Waals surface area contributed by atoms with E-state index < -0.39 is 0 Å². The van der Waals surface area contributed by atoms with Crippen molar-refractivity contribution < 1.29 is 9.53 Å². The normalized spacial score (nSPS) is 20.6. The number of amides is 1. The monoisotopic (exact) mass is 197 g/mol. The Labute approximate surface area is 83.0 Å². The Balaban J connectivity index is 2.37. The van der Waals surface area contributed by atoms with Crippen molar-refractivity contribution in [1.29, 1.82) is 5.41 Å². The second-order valence-electron chi connectivity index (χ2n) is 3.25. The van der Waals surface area contributed by atoms with E-state index in [-0.39, 0.29) is 24.5 Å². The standard InChI is InChI=1S/C9H15N3O2/c1-2-5-14-9(13)12-4-3-7(6-12)8(10)11/h2,7H,1,3-6H2,(H3,10,11). The molecule has 0 aromatic carbocycles. The lowest BCUT2D eigenvalue weighted by Gasteiger charge is -2.15. The van der Waals surface area contributed by atoms with Crippen molar-refractivity contribution in [1.82, 2.24) is 4.90 Å². The summed E-state index contributed by atoms with van der Waals surface area (Å²) in [6, 6.07) is 0. The number of nitrogens with one attached hydrogen (secondary N) is 1. The van der Waals surface area contributed by atoms with E-state index in [9.17, 15) is 4.79 Å². The van der Waals surface area contributed by atoms with Gasteiger partial charge < -0.3 is 15.4 Å². The predicted octanol–water partition coefficient (Wildman–Crippen LogP) is 0.567. The van der Waals surface area contributed by atoms with E-state index in [4.69, 9.17) is 15.9 Å². The molecule has 1 aliphatic heterocycles. The van der Waals surface area contributed by atoms with E-state index in [2.05, 4.69) is 6.58 Å². The van der Waals surface area contributed by atoms with Gasteiger partial charge in [-0.05, 0) is 6.42 Å². The number of ether oxygens (including phenoxy) is 1. The molecule has 0 aromatic rings. The number of amidine groups is 1. The molecule has 1 saturated heterocycles. The Morgan fingerprint density at radius 3 is 3.00 bits per heavy atom. The Bertz CT molecular complexity index is 252. The third kappa shape index (κ3) is 2.48. The molecule has 1 atom stereocenters. The maximum Gasteiger partial charge on any atom is 0.410 e. The van der Waals surface area contributed by atoms with Gasteiger partial charge in [-0.3, -0.25) is 5.41 Å². The summed E-state index contributed by atoms with van der Waals surface area (Å²) in [5, 5.41) is 7.24. The van der Waals surface area contributed by atoms with Crippen molar-refractivity contribution in [2.75, 3.05) is 19.7 Å². The van der Waals surface area contributed by atoms with E-state index in [0.29, 0.717) is 13.1 Å². The average molecular weight is 197 g/mol. The van der Waals surface area contributed by atoms with Crippen LogP contribution in [0.2, 0.25) is 0 Å². The Morgan fingerprint density at radius 1 is 1.79 bits per heavy atom. The highest BCUT2D eigenvalue weighted by molar-refractivity contribution is 5.81. The Hall–Kier alpha value is -1.52. The van der Waals surface area contributed by atoms with Gasteiger partial charge in [-0.15, -0.1) is 0 Å². The number of hydrogen-bond donors (Lipinski definition) is 2. The van der Waals surface area contributed by atoms with Gasteiger partial charge in [0, 0.05) is 19.0 Å². The number of likely N-dealkylation sites (tertiary alicyclic amines) is 1. The first-order chi connectivity index (χ1) is 6.65. The van der Waals surface area contributed by atoms with Crippen LogP contribution in [0.1, 0.15) is 6.42 Å². The van der Waals surface area contributed by atoms with Crippen LogP contribution < -0.4 is 5.73 Å². The fourth-order valence-electron chi connectivity index (χ4n) is 1.40. The van der Waals surface area contributed by atoms with Crippen LogP contribution in [0.5, 0.6) is 0 Å². The minimum Gasteiger partial charge on any atom is -0.445 e. The van der Waals surface area contributed by atoms with Crippen LogP contribution in [0.15, 0.2) is 12.7 Å². The first kappa shape index (κ1) is 10.6. The molecule has 0 bridgehead atoms. The number of nitrogens with two attached hydrogens (primary N) is 1. The molecule has 0 aliphatic carbocycles. The summed E-state index contributed by atoms with van der Waals surface area (Å²) in [4.78, 5) is 12.9. The third-order valence-corrected chi connectivity index (χ3v) is 2.21. The number of hydrogen-bond acceptors (Lipinski definition) is 3. The molecule has 5 nitrogen and oxygen atoms in total. The van der Waals surface area contributed by atoms with Crippen molar-refractivity contribution in [2.45, 2.75) is 6.42 Å². The van der Waals surface area contributed by atoms with Crippen molar-refractivity contribution in [3.8, 4) is 0 Å². The molecule has 0 spiro atoms. The van der Waals surface area contributed by atoms with Crippen LogP contribution in [0.3, 0.4) is 0 Å². The van der Waals surface area contributed by atoms with Crippen molar-refractivity contribution in [2.24, 2.45) is 11.7 Å². The molecule has 0 radical (unpaired) electrons. The highest BCUT2D eigenvalue weighted by Gasteiger charge is 2.28. The first-order valence-corrected chi connectivity index (χ1v) is 4.51. The van der Waals surface area contributed by atoms with Crippen LogP contribution in [0, 0.1) is 11.3 Å². The molecule has 1 fully saturated rings. The highest BCUT2D eigenvalue weighted by Crippen LogP contribution is 2.16. The molecule has 3 N–H and O–H groups in total. The molecule has 14 heavy (non-hydrogen) atoms. The zero-order valence-electron chi connectivity index (χ0n) is 8.03. The van der Waals surface area contributed by atoms with Crippen molar-refractivity contribution in [3.05, 3.63) is 12.7 Å². The fourth-order valence-corrected chi connectivity index (χ4v) is 1.40. The Morgan fingerprint density at radius 2 is 2.50 bits per heavy atom. The van der Waals surface area contributed by atoms with E-state index in [1.165, 1.54) is 6.08 Å². The van der Waals surface area contributed by atoms with E-state index in [0.717, 1.165) is 6.42 Å². The van der Waals surface area contributed by atoms with Gasteiger partial charge in [0.2, 0.25) is 0 Å². The van der Waals surface area contributed by atoms with Crippen LogP contribution in [0.4, 0.5) is 4.79 Å². The van der Waals surface area contributed by atoms with Gasteiger partial charge in [0.25, 0.3) is 0 Å². The zero-order valence-corrected chi connectivity index (χ0v) is 8.03. The van der Waals surface area contributed by atoms with E-state index in [1.807, 2.05) is 0 Å². The number of nitrogens with zero attached hydrogens (tertiary/aromatic N) is 1. The number of rotatable bonds is 3. The molecule has 1 heterocycles. The minimum atomic E-state index is -0.353. The lowest BCUT2D eigenvalue weighted by Crippen LogP contribution is -2.32. The van der Waals surface area contributed by atoms with Crippen molar-refractivity contribution >= 4 is 11.9 Å². The maximum atomic E-state index is 11.3. The largest absolute Gasteiger partial charge is 0.445 e. The quantitative estimate of drug-likeness (QED) is 0.394. The Kier molecular flexibility index (Phi) is 3.50. The van der Waals surface area contributed by atoms with Gasteiger partial charge in [0.15, 0.2) is 0 Å². The van der Waals surface area contributed by atoms with Crippen LogP contribution in [-0.4, -0.2) is 36.5 Å². The molecule has 1 unspecified atom stereocenters. The maximum absolute atomic E-state index is 11.3. The van der Waals surface area contributed by atoms with Gasteiger partial charge >= 0.3 is 6.09 Å². The zero-order chi connectivity index (χ0) is 10.6. The van der Waals surface area contributed by atoms with Crippen LogP contribution >= 0.6 is 0 Å². The molecule has 0 saturated carbocycles. The van der Waals surface area contributed by atoms with Crippen LogP contribution in [0.25, 0.3) is 0 Å². The lowest BCUT2D eigenvalue weighted by molar-refractivity contribution is 0.120. The van der Waals surface area contributed by atoms with E-state index in [1.54, 1.807) is 4.90 Å². The average Bonchev–Trinajstić information content (AvgIpc) is 2.62. The molecule has 1 rings (SSSR count). The second-order valence-corrected chi connectivity index (χ2v) is 3.25. The van der Waals surface area contributed by atoms with Gasteiger partial charge in [-0.1, -0.05) is 12.7 Å². The van der Waals surface area contributed by atoms with E-state index >= 15 is 0 Å². The number of carbonyl (C=O) groups excluding carboxylic acids is 1. The van der Waals surface area contributed by atoms with Crippen molar-refractivity contribution in [3.63, 3.8) is 0 Å². The number of carbonyl (C=O) groups is 1. The van der Waals surface area contributed by atoms with Gasteiger partial charge in [0.1, 0.15) is 6.61 Å². The second kappa shape index (κ2) is 4.64. The smallest absolute Gasteiger partial charge is 0.410 e. The summed E-state index contributed by atoms with van der Waals surface area (Å²) >= 11 is 0. The molecule has 0 aromatic heterocycles. The summed E-state index contributed by atoms with van der Waals surface area (Å²) in [5.41, 5.74) is 5.35. The SMILES string of the molecule is C=CCOC(=O)N1CCC(C(=N)N)C1.